The van der Waals surface area contributed by atoms with Gasteiger partial charge in [0, 0.05) is 25.7 Å². The maximum atomic E-state index is 7.30. The molecule has 0 bridgehead atoms. The van der Waals surface area contributed by atoms with E-state index in [2.05, 4.69) is 20.9 Å². The van der Waals surface area contributed by atoms with Gasteiger partial charge in [0.15, 0.2) is 0 Å². The first-order valence-corrected chi connectivity index (χ1v) is 5.89. The Kier molecular flexibility index (Phi) is 4.29. The molecule has 0 amide bonds. The number of amidine groups is 1. The van der Waals surface area contributed by atoms with Gasteiger partial charge in [-0.1, -0.05) is 0 Å². The Labute approximate surface area is 104 Å². The summed E-state index contributed by atoms with van der Waals surface area (Å²) >= 11 is 3.53. The van der Waals surface area contributed by atoms with Crippen LogP contribution in [0.1, 0.15) is 18.9 Å². The number of hydrogen-bond donors (Lipinski definition) is 2. The number of nitrogens with two attached hydrogens (primary N) is 1. The van der Waals surface area contributed by atoms with Crippen LogP contribution in [0.2, 0.25) is 0 Å². The van der Waals surface area contributed by atoms with E-state index in [1.807, 2.05) is 31.9 Å². The number of halogens is 1. The van der Waals surface area contributed by atoms with Crippen molar-refractivity contribution < 1.29 is 0 Å². The third kappa shape index (κ3) is 2.95. The topological polar surface area (TPSA) is 66.0 Å². The normalized spacial score (nSPS) is 12.2. The van der Waals surface area contributed by atoms with Crippen molar-refractivity contribution in [3.8, 4) is 0 Å². The second kappa shape index (κ2) is 5.30. The van der Waals surface area contributed by atoms with Gasteiger partial charge in [-0.2, -0.15) is 0 Å². The van der Waals surface area contributed by atoms with E-state index >= 15 is 0 Å². The highest BCUT2D eigenvalue weighted by Gasteiger charge is 2.15. The molecular weight excluding hydrogens is 268 g/mol. The fraction of sp³-hybridized carbons (Fsp3) is 0.455. The van der Waals surface area contributed by atoms with Crippen molar-refractivity contribution in [1.29, 1.82) is 5.41 Å². The van der Waals surface area contributed by atoms with Gasteiger partial charge in [0.05, 0.1) is 10.3 Å². The number of pyridine rings is 1. The Balaban J connectivity index is 2.91. The van der Waals surface area contributed by atoms with E-state index in [9.17, 15) is 0 Å². The molecule has 4 nitrogen and oxygen atoms in total. The molecule has 0 aromatic carbocycles. The number of rotatable bonds is 4. The van der Waals surface area contributed by atoms with Crippen LogP contribution < -0.4 is 10.6 Å². The molecule has 0 spiro atoms. The lowest BCUT2D eigenvalue weighted by atomic mass is 10.2. The summed E-state index contributed by atoms with van der Waals surface area (Å²) in [4.78, 5) is 6.36. The lowest BCUT2D eigenvalue weighted by molar-refractivity contribution is 0.698. The molecule has 0 aliphatic rings. The molecule has 1 aromatic heterocycles. The molecule has 0 aliphatic carbocycles. The molecule has 1 heterocycles. The third-order valence-electron chi connectivity index (χ3n) is 2.57. The molecule has 0 aliphatic heterocycles. The number of nitrogens with zero attached hydrogens (tertiary/aromatic N) is 2. The van der Waals surface area contributed by atoms with Crippen LogP contribution in [0.4, 0.5) is 5.82 Å². The van der Waals surface area contributed by atoms with Crippen LogP contribution in [0.3, 0.4) is 0 Å². The van der Waals surface area contributed by atoms with Gasteiger partial charge in [-0.3, -0.25) is 5.41 Å². The molecule has 0 saturated carbocycles. The van der Waals surface area contributed by atoms with E-state index < -0.39 is 0 Å². The first-order chi connectivity index (χ1) is 7.43. The molecule has 0 fully saturated rings. The van der Waals surface area contributed by atoms with Crippen molar-refractivity contribution in [1.82, 2.24) is 4.98 Å². The second-order valence-electron chi connectivity index (χ2n) is 3.95. The molecule has 0 saturated heterocycles. The SMILES string of the molecule is Cc1ccnc(N(C)C(C)CC(=N)N)c1Br. The average molecular weight is 285 g/mol. The fourth-order valence-electron chi connectivity index (χ4n) is 1.44. The van der Waals surface area contributed by atoms with Gasteiger partial charge in [0.2, 0.25) is 0 Å². The summed E-state index contributed by atoms with van der Waals surface area (Å²) in [5, 5.41) is 7.30. The summed E-state index contributed by atoms with van der Waals surface area (Å²) in [6, 6.07) is 2.11. The summed E-state index contributed by atoms with van der Waals surface area (Å²) in [7, 11) is 1.96. The van der Waals surface area contributed by atoms with Crippen LogP contribution >= 0.6 is 15.9 Å². The summed E-state index contributed by atoms with van der Waals surface area (Å²) in [6.07, 6.45) is 2.32. The summed E-state index contributed by atoms with van der Waals surface area (Å²) in [6.45, 7) is 4.05. The van der Waals surface area contributed by atoms with Crippen molar-refractivity contribution in [2.75, 3.05) is 11.9 Å². The van der Waals surface area contributed by atoms with Crippen LogP contribution in [0.25, 0.3) is 0 Å². The quantitative estimate of drug-likeness (QED) is 0.659. The fourth-order valence-corrected chi connectivity index (χ4v) is 1.95. The monoisotopic (exact) mass is 284 g/mol. The third-order valence-corrected chi connectivity index (χ3v) is 3.55. The van der Waals surface area contributed by atoms with Crippen LogP contribution in [0, 0.1) is 12.3 Å². The van der Waals surface area contributed by atoms with Gasteiger partial charge in [-0.05, 0) is 41.4 Å². The minimum atomic E-state index is 0.156. The number of anilines is 1. The summed E-state index contributed by atoms with van der Waals surface area (Å²) in [5.41, 5.74) is 6.55. The molecule has 16 heavy (non-hydrogen) atoms. The van der Waals surface area contributed by atoms with E-state index in [1.165, 1.54) is 0 Å². The average Bonchev–Trinajstić information content (AvgIpc) is 2.20. The highest BCUT2D eigenvalue weighted by Crippen LogP contribution is 2.27. The van der Waals surface area contributed by atoms with Gasteiger partial charge in [0.25, 0.3) is 0 Å². The van der Waals surface area contributed by atoms with Crippen molar-refractivity contribution in [3.63, 3.8) is 0 Å². The maximum Gasteiger partial charge on any atom is 0.143 e. The molecular formula is C11H17BrN4. The molecule has 1 rings (SSSR count). The zero-order valence-corrected chi connectivity index (χ0v) is 11.4. The zero-order chi connectivity index (χ0) is 12.3. The second-order valence-corrected chi connectivity index (χ2v) is 4.75. The first-order valence-electron chi connectivity index (χ1n) is 5.10. The molecule has 1 unspecified atom stereocenters. The lowest BCUT2D eigenvalue weighted by Gasteiger charge is -2.26. The van der Waals surface area contributed by atoms with E-state index in [0.717, 1.165) is 15.9 Å². The van der Waals surface area contributed by atoms with E-state index in [4.69, 9.17) is 11.1 Å². The Morgan fingerprint density at radius 3 is 2.88 bits per heavy atom. The minimum Gasteiger partial charge on any atom is -0.388 e. The van der Waals surface area contributed by atoms with Crippen molar-refractivity contribution in [2.24, 2.45) is 5.73 Å². The van der Waals surface area contributed by atoms with Gasteiger partial charge in [0.1, 0.15) is 5.82 Å². The van der Waals surface area contributed by atoms with Gasteiger partial charge < -0.3 is 10.6 Å². The number of aryl methyl sites for hydroxylation is 1. The Morgan fingerprint density at radius 1 is 1.69 bits per heavy atom. The minimum absolute atomic E-state index is 0.156. The van der Waals surface area contributed by atoms with Crippen LogP contribution in [0.15, 0.2) is 16.7 Å². The predicted octanol–water partition coefficient (Wildman–Crippen LogP) is 2.30. The Morgan fingerprint density at radius 2 is 2.31 bits per heavy atom. The summed E-state index contributed by atoms with van der Waals surface area (Å²) in [5.74, 6) is 1.08. The first kappa shape index (κ1) is 13.0. The summed E-state index contributed by atoms with van der Waals surface area (Å²) < 4.78 is 0.993. The smallest absolute Gasteiger partial charge is 0.143 e. The lowest BCUT2D eigenvalue weighted by Crippen LogP contribution is -2.33. The molecule has 3 N–H and O–H groups in total. The highest BCUT2D eigenvalue weighted by molar-refractivity contribution is 9.10. The van der Waals surface area contributed by atoms with Crippen molar-refractivity contribution in [3.05, 3.63) is 22.3 Å². The molecule has 1 atom stereocenters. The zero-order valence-electron chi connectivity index (χ0n) is 9.79. The molecule has 1 aromatic rings. The van der Waals surface area contributed by atoms with Crippen molar-refractivity contribution in [2.45, 2.75) is 26.3 Å². The maximum absolute atomic E-state index is 7.30. The van der Waals surface area contributed by atoms with Crippen LogP contribution in [0.5, 0.6) is 0 Å². The number of hydrogen-bond acceptors (Lipinski definition) is 3. The number of aromatic nitrogens is 1. The molecule has 5 heteroatoms. The Hall–Kier alpha value is -1.10. The van der Waals surface area contributed by atoms with Crippen LogP contribution in [-0.4, -0.2) is 23.9 Å². The van der Waals surface area contributed by atoms with E-state index in [1.54, 1.807) is 6.20 Å². The largest absolute Gasteiger partial charge is 0.388 e. The number of nitrogens with one attached hydrogen (secondary N) is 1. The predicted molar refractivity (Wildman–Crippen MR) is 71.1 cm³/mol. The van der Waals surface area contributed by atoms with E-state index in [-0.39, 0.29) is 11.9 Å². The van der Waals surface area contributed by atoms with E-state index in [0.29, 0.717) is 6.42 Å². The standard InChI is InChI=1S/C11H17BrN4/c1-7-4-5-15-11(10(7)12)16(3)8(2)6-9(13)14/h4-5,8H,6H2,1-3H3,(H3,13,14). The highest BCUT2D eigenvalue weighted by atomic mass is 79.9. The van der Waals surface area contributed by atoms with Gasteiger partial charge in [-0.15, -0.1) is 0 Å². The van der Waals surface area contributed by atoms with Gasteiger partial charge >= 0.3 is 0 Å². The molecule has 0 radical (unpaired) electrons. The molecule has 88 valence electrons. The van der Waals surface area contributed by atoms with Crippen LogP contribution in [-0.2, 0) is 0 Å². The van der Waals surface area contributed by atoms with Crippen molar-refractivity contribution >= 4 is 27.6 Å². The van der Waals surface area contributed by atoms with Gasteiger partial charge in [-0.25, -0.2) is 4.98 Å². The Bertz CT molecular complexity index is 392.